The summed E-state index contributed by atoms with van der Waals surface area (Å²) < 4.78 is 47.2. The Morgan fingerprint density at radius 3 is 2.15 bits per heavy atom. The third-order valence-corrected chi connectivity index (χ3v) is 2.95. The van der Waals surface area contributed by atoms with Gasteiger partial charge in [-0.2, -0.15) is 13.2 Å². The number of hydrogen-bond donors (Lipinski definition) is 1. The lowest BCUT2D eigenvalue weighted by atomic mass is 10.1. The SMILES string of the molecule is COc1cc(Br)cc(OC)c1CCNC(=O)C(F)(F)F. The molecule has 1 rings (SSSR count). The number of amides is 1. The van der Waals surface area contributed by atoms with Gasteiger partial charge >= 0.3 is 12.1 Å². The van der Waals surface area contributed by atoms with Gasteiger partial charge in [0.05, 0.1) is 14.2 Å². The van der Waals surface area contributed by atoms with Crippen LogP contribution in [0.5, 0.6) is 11.5 Å². The van der Waals surface area contributed by atoms with Gasteiger partial charge < -0.3 is 14.8 Å². The summed E-state index contributed by atoms with van der Waals surface area (Å²) in [5, 5.41) is 1.80. The van der Waals surface area contributed by atoms with Gasteiger partial charge in [-0.15, -0.1) is 0 Å². The third-order valence-electron chi connectivity index (χ3n) is 2.49. The summed E-state index contributed by atoms with van der Waals surface area (Å²) in [6, 6.07) is 3.34. The van der Waals surface area contributed by atoms with Crippen LogP contribution in [0, 0.1) is 0 Å². The molecular formula is C12H13BrF3NO3. The van der Waals surface area contributed by atoms with Gasteiger partial charge in [-0.3, -0.25) is 4.79 Å². The fourth-order valence-electron chi connectivity index (χ4n) is 1.60. The van der Waals surface area contributed by atoms with Gasteiger partial charge in [0.1, 0.15) is 11.5 Å². The Morgan fingerprint density at radius 2 is 1.75 bits per heavy atom. The Hall–Kier alpha value is -1.44. The molecule has 1 aromatic carbocycles. The van der Waals surface area contributed by atoms with Crippen LogP contribution in [0.4, 0.5) is 13.2 Å². The Labute approximate surface area is 122 Å². The van der Waals surface area contributed by atoms with Crippen molar-refractivity contribution in [3.8, 4) is 11.5 Å². The summed E-state index contributed by atoms with van der Waals surface area (Å²) in [6.45, 7) is -0.174. The van der Waals surface area contributed by atoms with Crippen LogP contribution in [-0.2, 0) is 11.2 Å². The zero-order chi connectivity index (χ0) is 15.3. The molecule has 0 bridgehead atoms. The van der Waals surface area contributed by atoms with E-state index in [1.54, 1.807) is 17.4 Å². The fourth-order valence-corrected chi connectivity index (χ4v) is 2.02. The van der Waals surface area contributed by atoms with Crippen LogP contribution in [0.2, 0.25) is 0 Å². The standard InChI is InChI=1S/C12H13BrF3NO3/c1-19-9-5-7(13)6-10(20-2)8(9)3-4-17-11(18)12(14,15)16/h5-6H,3-4H2,1-2H3,(H,17,18). The van der Waals surface area contributed by atoms with E-state index in [0.717, 1.165) is 0 Å². The number of methoxy groups -OCH3 is 2. The van der Waals surface area contributed by atoms with E-state index in [2.05, 4.69) is 15.9 Å². The van der Waals surface area contributed by atoms with Crippen LogP contribution in [0.1, 0.15) is 5.56 Å². The van der Waals surface area contributed by atoms with Gasteiger partial charge in [-0.1, -0.05) is 15.9 Å². The number of ether oxygens (including phenoxy) is 2. The van der Waals surface area contributed by atoms with E-state index in [1.165, 1.54) is 14.2 Å². The molecule has 4 nitrogen and oxygen atoms in total. The lowest BCUT2D eigenvalue weighted by molar-refractivity contribution is -0.173. The smallest absolute Gasteiger partial charge is 0.471 e. The molecule has 1 N–H and O–H groups in total. The number of hydrogen-bond acceptors (Lipinski definition) is 3. The van der Waals surface area contributed by atoms with Crippen LogP contribution in [0.15, 0.2) is 16.6 Å². The first kappa shape index (κ1) is 16.6. The van der Waals surface area contributed by atoms with Crippen molar-refractivity contribution in [3.05, 3.63) is 22.2 Å². The maximum atomic E-state index is 12.1. The van der Waals surface area contributed by atoms with Gasteiger partial charge in [0, 0.05) is 16.6 Å². The van der Waals surface area contributed by atoms with Gasteiger partial charge in [0.25, 0.3) is 0 Å². The summed E-state index contributed by atoms with van der Waals surface area (Å²) in [5.41, 5.74) is 0.584. The molecule has 0 aliphatic carbocycles. The minimum Gasteiger partial charge on any atom is -0.496 e. The maximum absolute atomic E-state index is 12.1. The second-order valence-corrected chi connectivity index (χ2v) is 4.71. The molecule has 0 radical (unpaired) electrons. The molecule has 0 spiro atoms. The van der Waals surface area contributed by atoms with Crippen molar-refractivity contribution < 1.29 is 27.4 Å². The molecule has 1 amide bonds. The second-order valence-electron chi connectivity index (χ2n) is 3.79. The highest BCUT2D eigenvalue weighted by Crippen LogP contribution is 2.33. The maximum Gasteiger partial charge on any atom is 0.471 e. The minimum atomic E-state index is -4.88. The van der Waals surface area contributed by atoms with Crippen molar-refractivity contribution in [2.24, 2.45) is 0 Å². The fraction of sp³-hybridized carbons (Fsp3) is 0.417. The van der Waals surface area contributed by atoms with Crippen molar-refractivity contribution in [2.45, 2.75) is 12.6 Å². The molecule has 0 aliphatic rings. The largest absolute Gasteiger partial charge is 0.496 e. The Morgan fingerprint density at radius 1 is 1.25 bits per heavy atom. The number of carbonyl (C=O) groups is 1. The van der Waals surface area contributed by atoms with E-state index in [1.807, 2.05) is 0 Å². The van der Waals surface area contributed by atoms with Crippen molar-refractivity contribution in [1.29, 1.82) is 0 Å². The van der Waals surface area contributed by atoms with Crippen molar-refractivity contribution in [2.75, 3.05) is 20.8 Å². The van der Waals surface area contributed by atoms with E-state index >= 15 is 0 Å². The number of carbonyl (C=O) groups excluding carboxylic acids is 1. The summed E-state index contributed by atoms with van der Waals surface area (Å²) in [4.78, 5) is 10.7. The summed E-state index contributed by atoms with van der Waals surface area (Å²) in [7, 11) is 2.89. The molecule has 112 valence electrons. The molecule has 0 fully saturated rings. The van der Waals surface area contributed by atoms with Crippen LogP contribution >= 0.6 is 15.9 Å². The highest BCUT2D eigenvalue weighted by atomic mass is 79.9. The molecule has 8 heteroatoms. The van der Waals surface area contributed by atoms with Gasteiger partial charge in [0.2, 0.25) is 0 Å². The van der Waals surface area contributed by atoms with E-state index in [4.69, 9.17) is 9.47 Å². The Bertz CT molecular complexity index is 466. The molecular weight excluding hydrogens is 343 g/mol. The predicted molar refractivity (Wildman–Crippen MR) is 70.0 cm³/mol. The van der Waals surface area contributed by atoms with Crippen LogP contribution in [-0.4, -0.2) is 32.8 Å². The summed E-state index contributed by atoms with van der Waals surface area (Å²) in [5.74, 6) is -1.03. The van der Waals surface area contributed by atoms with E-state index in [0.29, 0.717) is 21.5 Å². The number of alkyl halides is 3. The van der Waals surface area contributed by atoms with Crippen molar-refractivity contribution in [1.82, 2.24) is 5.32 Å². The van der Waals surface area contributed by atoms with Gasteiger partial charge in [-0.05, 0) is 18.6 Å². The lowest BCUT2D eigenvalue weighted by Crippen LogP contribution is -2.37. The van der Waals surface area contributed by atoms with Crippen molar-refractivity contribution >= 4 is 21.8 Å². The van der Waals surface area contributed by atoms with Crippen LogP contribution in [0.25, 0.3) is 0 Å². The average molecular weight is 356 g/mol. The monoisotopic (exact) mass is 355 g/mol. The van der Waals surface area contributed by atoms with E-state index < -0.39 is 12.1 Å². The van der Waals surface area contributed by atoms with Crippen LogP contribution < -0.4 is 14.8 Å². The van der Waals surface area contributed by atoms with Gasteiger partial charge in [-0.25, -0.2) is 0 Å². The zero-order valence-corrected chi connectivity index (χ0v) is 12.4. The molecule has 0 aromatic heterocycles. The number of halogens is 4. The Kier molecular flexibility index (Phi) is 5.67. The molecule has 0 saturated heterocycles. The first-order valence-corrected chi connectivity index (χ1v) is 6.34. The number of benzene rings is 1. The molecule has 0 unspecified atom stereocenters. The molecule has 0 atom stereocenters. The molecule has 20 heavy (non-hydrogen) atoms. The summed E-state index contributed by atoms with van der Waals surface area (Å²) >= 11 is 3.27. The lowest BCUT2D eigenvalue weighted by Gasteiger charge is -2.14. The topological polar surface area (TPSA) is 47.6 Å². The van der Waals surface area contributed by atoms with Crippen molar-refractivity contribution in [3.63, 3.8) is 0 Å². The molecule has 1 aromatic rings. The first-order valence-electron chi connectivity index (χ1n) is 5.55. The zero-order valence-electron chi connectivity index (χ0n) is 10.8. The first-order chi connectivity index (χ1) is 9.29. The quantitative estimate of drug-likeness (QED) is 0.883. The predicted octanol–water partition coefficient (Wildman–Crippen LogP) is 2.69. The summed E-state index contributed by atoms with van der Waals surface area (Å²) in [6.07, 6.45) is -4.73. The minimum absolute atomic E-state index is 0.154. The van der Waals surface area contributed by atoms with Crippen LogP contribution in [0.3, 0.4) is 0 Å². The number of nitrogens with one attached hydrogen (secondary N) is 1. The average Bonchev–Trinajstić information content (AvgIpc) is 2.38. The second kappa shape index (κ2) is 6.83. The molecule has 0 saturated carbocycles. The third kappa shape index (κ3) is 4.29. The highest BCUT2D eigenvalue weighted by Gasteiger charge is 2.38. The molecule has 0 heterocycles. The Balaban J connectivity index is 2.80. The normalized spacial score (nSPS) is 11.1. The van der Waals surface area contributed by atoms with E-state index in [9.17, 15) is 18.0 Å². The highest BCUT2D eigenvalue weighted by molar-refractivity contribution is 9.10. The molecule has 0 aliphatic heterocycles. The van der Waals surface area contributed by atoms with Gasteiger partial charge in [0.15, 0.2) is 0 Å². The van der Waals surface area contributed by atoms with E-state index in [-0.39, 0.29) is 13.0 Å². The number of rotatable bonds is 5.